The second kappa shape index (κ2) is 3.37. The quantitative estimate of drug-likeness (QED) is 0.561. The van der Waals surface area contributed by atoms with E-state index in [4.69, 9.17) is 0 Å². The Labute approximate surface area is 80.3 Å². The molecule has 0 amide bonds. The van der Waals surface area contributed by atoms with Crippen molar-refractivity contribution >= 4 is 6.08 Å². The second-order valence-electron chi connectivity index (χ2n) is 4.08. The SMILES string of the molecule is Cc1ccc2c(c1)CCC(C)C=C2. The predicted molar refractivity (Wildman–Crippen MR) is 57.7 cm³/mol. The Bertz CT molecular complexity index is 334. The van der Waals surface area contributed by atoms with Crippen LogP contribution in [-0.2, 0) is 6.42 Å². The van der Waals surface area contributed by atoms with Crippen LogP contribution >= 0.6 is 0 Å². The van der Waals surface area contributed by atoms with Crippen molar-refractivity contribution in [3.8, 4) is 0 Å². The van der Waals surface area contributed by atoms with Crippen LogP contribution < -0.4 is 0 Å². The van der Waals surface area contributed by atoms with Crippen LogP contribution in [0.5, 0.6) is 0 Å². The highest BCUT2D eigenvalue weighted by molar-refractivity contribution is 5.55. The molecule has 1 aromatic carbocycles. The molecule has 0 saturated heterocycles. The summed E-state index contributed by atoms with van der Waals surface area (Å²) < 4.78 is 0. The lowest BCUT2D eigenvalue weighted by Gasteiger charge is -2.05. The fraction of sp³-hybridized carbons (Fsp3) is 0.385. The maximum Gasteiger partial charge on any atom is -0.0227 e. The van der Waals surface area contributed by atoms with Gasteiger partial charge in [0.2, 0.25) is 0 Å². The zero-order valence-electron chi connectivity index (χ0n) is 8.38. The third-order valence-corrected chi connectivity index (χ3v) is 2.77. The number of allylic oxidation sites excluding steroid dienone is 1. The van der Waals surface area contributed by atoms with E-state index in [0.29, 0.717) is 0 Å². The van der Waals surface area contributed by atoms with Crippen LogP contribution in [0.4, 0.5) is 0 Å². The highest BCUT2D eigenvalue weighted by Crippen LogP contribution is 2.22. The van der Waals surface area contributed by atoms with Gasteiger partial charge in [-0.15, -0.1) is 0 Å². The Balaban J connectivity index is 2.41. The molecular formula is C13H16. The van der Waals surface area contributed by atoms with E-state index >= 15 is 0 Å². The van der Waals surface area contributed by atoms with E-state index in [1.165, 1.54) is 29.5 Å². The average molecular weight is 172 g/mol. The number of benzene rings is 1. The van der Waals surface area contributed by atoms with E-state index in [1.54, 1.807) is 0 Å². The first-order valence-corrected chi connectivity index (χ1v) is 5.03. The number of aryl methyl sites for hydroxylation is 2. The molecule has 0 nitrogen and oxygen atoms in total. The number of fused-ring (bicyclic) bond motifs is 1. The molecule has 1 aliphatic rings. The normalized spacial score (nSPS) is 20.9. The Morgan fingerprint density at radius 3 is 3.00 bits per heavy atom. The van der Waals surface area contributed by atoms with Gasteiger partial charge in [0.15, 0.2) is 0 Å². The molecule has 0 aliphatic heterocycles. The van der Waals surface area contributed by atoms with Crippen molar-refractivity contribution in [3.63, 3.8) is 0 Å². The molecule has 68 valence electrons. The van der Waals surface area contributed by atoms with Crippen LogP contribution in [0.25, 0.3) is 6.08 Å². The maximum absolute atomic E-state index is 2.32. The largest absolute Gasteiger partial charge is 0.0811 e. The molecule has 0 radical (unpaired) electrons. The van der Waals surface area contributed by atoms with E-state index in [-0.39, 0.29) is 0 Å². The Morgan fingerprint density at radius 2 is 2.15 bits per heavy atom. The number of hydrogen-bond donors (Lipinski definition) is 0. The van der Waals surface area contributed by atoms with Crippen LogP contribution in [0.15, 0.2) is 24.3 Å². The molecule has 0 aromatic heterocycles. The summed E-state index contributed by atoms with van der Waals surface area (Å²) in [6, 6.07) is 6.75. The molecule has 0 heterocycles. The Hall–Kier alpha value is -1.04. The zero-order valence-corrected chi connectivity index (χ0v) is 8.38. The number of rotatable bonds is 0. The molecule has 1 aromatic rings. The van der Waals surface area contributed by atoms with Gasteiger partial charge in [0.05, 0.1) is 0 Å². The molecule has 0 heteroatoms. The van der Waals surface area contributed by atoms with Crippen LogP contribution in [0.3, 0.4) is 0 Å². The van der Waals surface area contributed by atoms with Gasteiger partial charge < -0.3 is 0 Å². The first kappa shape index (κ1) is 8.55. The smallest absolute Gasteiger partial charge is 0.0227 e. The minimum atomic E-state index is 0.729. The van der Waals surface area contributed by atoms with Gasteiger partial charge in [-0.1, -0.05) is 42.8 Å². The van der Waals surface area contributed by atoms with Gasteiger partial charge in [-0.25, -0.2) is 0 Å². The van der Waals surface area contributed by atoms with E-state index < -0.39 is 0 Å². The van der Waals surface area contributed by atoms with Gasteiger partial charge in [0.25, 0.3) is 0 Å². The zero-order chi connectivity index (χ0) is 9.26. The van der Waals surface area contributed by atoms with Gasteiger partial charge in [-0.05, 0) is 36.8 Å². The lowest BCUT2D eigenvalue weighted by molar-refractivity contribution is 0.655. The van der Waals surface area contributed by atoms with Gasteiger partial charge in [-0.3, -0.25) is 0 Å². The van der Waals surface area contributed by atoms with Crippen molar-refractivity contribution in [3.05, 3.63) is 41.0 Å². The van der Waals surface area contributed by atoms with Crippen molar-refractivity contribution in [1.29, 1.82) is 0 Å². The first-order chi connectivity index (χ1) is 6.25. The van der Waals surface area contributed by atoms with Crippen LogP contribution in [-0.4, -0.2) is 0 Å². The van der Waals surface area contributed by atoms with Gasteiger partial charge in [0.1, 0.15) is 0 Å². The highest BCUT2D eigenvalue weighted by atomic mass is 14.1. The van der Waals surface area contributed by atoms with Crippen molar-refractivity contribution in [1.82, 2.24) is 0 Å². The van der Waals surface area contributed by atoms with E-state index in [2.05, 4.69) is 44.2 Å². The molecule has 1 atom stereocenters. The molecule has 2 rings (SSSR count). The van der Waals surface area contributed by atoms with E-state index in [0.717, 1.165) is 5.92 Å². The highest BCUT2D eigenvalue weighted by Gasteiger charge is 2.07. The topological polar surface area (TPSA) is 0 Å². The van der Waals surface area contributed by atoms with Gasteiger partial charge in [-0.2, -0.15) is 0 Å². The second-order valence-corrected chi connectivity index (χ2v) is 4.08. The summed E-state index contributed by atoms with van der Waals surface area (Å²) in [4.78, 5) is 0. The molecule has 0 saturated carbocycles. The van der Waals surface area contributed by atoms with Crippen LogP contribution in [0.2, 0.25) is 0 Å². The standard InChI is InChI=1S/C13H16/c1-10-3-6-12-7-5-11(2)9-13(12)8-4-10/h3,5-7,9-10H,4,8H2,1-2H3. The van der Waals surface area contributed by atoms with Gasteiger partial charge in [0, 0.05) is 0 Å². The van der Waals surface area contributed by atoms with Crippen molar-refractivity contribution in [2.24, 2.45) is 5.92 Å². The molecule has 13 heavy (non-hydrogen) atoms. The summed E-state index contributed by atoms with van der Waals surface area (Å²) in [5.41, 5.74) is 4.30. The van der Waals surface area contributed by atoms with Crippen molar-refractivity contribution in [2.45, 2.75) is 26.7 Å². The predicted octanol–water partition coefficient (Wildman–Crippen LogP) is 3.59. The maximum atomic E-state index is 2.32. The molecule has 1 aliphatic carbocycles. The molecule has 0 bridgehead atoms. The first-order valence-electron chi connectivity index (χ1n) is 5.03. The summed E-state index contributed by atoms with van der Waals surface area (Å²) >= 11 is 0. The van der Waals surface area contributed by atoms with Crippen molar-refractivity contribution in [2.75, 3.05) is 0 Å². The third kappa shape index (κ3) is 1.82. The Kier molecular flexibility index (Phi) is 2.22. The average Bonchev–Trinajstić information content (AvgIpc) is 2.29. The minimum absolute atomic E-state index is 0.729. The lowest BCUT2D eigenvalue weighted by atomic mass is 10.0. The third-order valence-electron chi connectivity index (χ3n) is 2.77. The molecule has 0 N–H and O–H groups in total. The van der Waals surface area contributed by atoms with E-state index in [1.807, 2.05) is 0 Å². The lowest BCUT2D eigenvalue weighted by Crippen LogP contribution is -1.92. The molecule has 0 spiro atoms. The minimum Gasteiger partial charge on any atom is -0.0811 e. The monoisotopic (exact) mass is 172 g/mol. The summed E-state index contributed by atoms with van der Waals surface area (Å²) in [5.74, 6) is 0.729. The molecule has 1 unspecified atom stereocenters. The van der Waals surface area contributed by atoms with Crippen molar-refractivity contribution < 1.29 is 0 Å². The van der Waals surface area contributed by atoms with Crippen LogP contribution in [0, 0.1) is 12.8 Å². The molecule has 0 fully saturated rings. The van der Waals surface area contributed by atoms with E-state index in [9.17, 15) is 0 Å². The summed E-state index contributed by atoms with van der Waals surface area (Å²) in [5, 5.41) is 0. The number of hydrogen-bond acceptors (Lipinski definition) is 0. The summed E-state index contributed by atoms with van der Waals surface area (Å²) in [6.07, 6.45) is 7.10. The fourth-order valence-corrected chi connectivity index (χ4v) is 1.86. The Morgan fingerprint density at radius 1 is 1.31 bits per heavy atom. The van der Waals surface area contributed by atoms with Gasteiger partial charge >= 0.3 is 0 Å². The summed E-state index contributed by atoms with van der Waals surface area (Å²) in [7, 11) is 0. The summed E-state index contributed by atoms with van der Waals surface area (Å²) in [6.45, 7) is 4.45. The molecular weight excluding hydrogens is 156 g/mol. The van der Waals surface area contributed by atoms with Crippen LogP contribution in [0.1, 0.15) is 30.0 Å². The fourth-order valence-electron chi connectivity index (χ4n) is 1.86.